The largest absolute Gasteiger partial charge is 0.381 e. The van der Waals surface area contributed by atoms with Gasteiger partial charge in [-0.25, -0.2) is 0 Å². The van der Waals surface area contributed by atoms with Gasteiger partial charge in [-0.3, -0.25) is 19.3 Å². The van der Waals surface area contributed by atoms with Crippen LogP contribution in [0.25, 0.3) is 0 Å². The van der Waals surface area contributed by atoms with Gasteiger partial charge < -0.3 is 15.0 Å². The van der Waals surface area contributed by atoms with Crippen molar-refractivity contribution < 1.29 is 9.90 Å². The normalized spacial score (nSPS) is 19.2. The molecule has 0 fully saturated rings. The minimum absolute atomic E-state index is 0.197. The topological polar surface area (TPSA) is 102 Å². The molecule has 8 nitrogen and oxygen atoms in total. The maximum Gasteiger partial charge on any atom is 0.256 e. The maximum absolute atomic E-state index is 12.2. The standard InChI is InChI=1S/C17H17N5O3/c1-21-10-13(9-20-21)3-2-12-4-6-22(15(23)8-12)7-5-14-16(24)17(25)19-11-18-14/h4,6,8-11,14,16,24H,5,7H2,1H3,(H,18,19,25). The van der Waals surface area contributed by atoms with Crippen LogP contribution in [-0.4, -0.2) is 43.8 Å². The molecule has 2 aromatic rings. The van der Waals surface area contributed by atoms with Crippen LogP contribution in [0.1, 0.15) is 17.5 Å². The van der Waals surface area contributed by atoms with Crippen molar-refractivity contribution in [2.45, 2.75) is 25.1 Å². The van der Waals surface area contributed by atoms with E-state index in [4.69, 9.17) is 0 Å². The van der Waals surface area contributed by atoms with E-state index in [1.165, 1.54) is 17.0 Å². The van der Waals surface area contributed by atoms with Gasteiger partial charge in [-0.15, -0.1) is 0 Å². The van der Waals surface area contributed by atoms with E-state index < -0.39 is 18.1 Å². The van der Waals surface area contributed by atoms with Crippen LogP contribution < -0.4 is 10.9 Å². The van der Waals surface area contributed by atoms with Crippen molar-refractivity contribution in [2.24, 2.45) is 12.0 Å². The molecule has 0 aromatic carbocycles. The summed E-state index contributed by atoms with van der Waals surface area (Å²) in [6, 6.07) is 2.65. The van der Waals surface area contributed by atoms with Crippen molar-refractivity contribution in [1.82, 2.24) is 19.7 Å². The molecule has 8 heteroatoms. The molecule has 1 aliphatic heterocycles. The highest BCUT2D eigenvalue weighted by Gasteiger charge is 2.27. The molecule has 0 radical (unpaired) electrons. The number of amides is 1. The number of rotatable bonds is 3. The number of aryl methyl sites for hydroxylation is 2. The molecule has 0 saturated heterocycles. The zero-order valence-electron chi connectivity index (χ0n) is 13.6. The molecule has 2 aromatic heterocycles. The molecule has 2 unspecified atom stereocenters. The van der Waals surface area contributed by atoms with Crippen LogP contribution in [0.2, 0.25) is 0 Å². The van der Waals surface area contributed by atoms with Gasteiger partial charge in [0.25, 0.3) is 11.5 Å². The third kappa shape index (κ3) is 4.02. The fourth-order valence-corrected chi connectivity index (χ4v) is 2.44. The van der Waals surface area contributed by atoms with Gasteiger partial charge >= 0.3 is 0 Å². The van der Waals surface area contributed by atoms with Crippen molar-refractivity contribution >= 4 is 12.2 Å². The van der Waals surface area contributed by atoms with Crippen molar-refractivity contribution in [2.75, 3.05) is 0 Å². The van der Waals surface area contributed by atoms with Gasteiger partial charge in [0.1, 0.15) is 0 Å². The van der Waals surface area contributed by atoms with Crippen LogP contribution in [0.3, 0.4) is 0 Å². The average molecular weight is 339 g/mol. The predicted octanol–water partition coefficient (Wildman–Crippen LogP) is -0.741. The Bertz CT molecular complexity index is 931. The summed E-state index contributed by atoms with van der Waals surface area (Å²) in [7, 11) is 1.81. The summed E-state index contributed by atoms with van der Waals surface area (Å²) in [5.41, 5.74) is 1.19. The maximum atomic E-state index is 12.2. The first kappa shape index (κ1) is 16.7. The highest BCUT2D eigenvalue weighted by molar-refractivity contribution is 5.93. The molecule has 1 aliphatic rings. The second-order valence-electron chi connectivity index (χ2n) is 5.69. The molecule has 0 aliphatic carbocycles. The molecule has 0 bridgehead atoms. The molecular formula is C17H17N5O3. The molecule has 128 valence electrons. The number of hydrogen-bond donors (Lipinski definition) is 2. The summed E-state index contributed by atoms with van der Waals surface area (Å²) in [5, 5.41) is 16.1. The Hall–Kier alpha value is -3.18. The van der Waals surface area contributed by atoms with Crippen molar-refractivity contribution in [3.05, 3.63) is 52.2 Å². The van der Waals surface area contributed by atoms with Gasteiger partial charge in [-0.1, -0.05) is 11.8 Å². The van der Waals surface area contributed by atoms with Gasteiger partial charge in [0.2, 0.25) is 0 Å². The Morgan fingerprint density at radius 2 is 2.12 bits per heavy atom. The monoisotopic (exact) mass is 339 g/mol. The van der Waals surface area contributed by atoms with Crippen LogP contribution in [0.15, 0.2) is 40.5 Å². The third-order valence-corrected chi connectivity index (χ3v) is 3.82. The number of aromatic nitrogens is 3. The van der Waals surface area contributed by atoms with Crippen molar-refractivity contribution in [3.63, 3.8) is 0 Å². The van der Waals surface area contributed by atoms with Gasteiger partial charge in [0, 0.05) is 37.6 Å². The lowest BCUT2D eigenvalue weighted by Crippen LogP contribution is -2.45. The summed E-state index contributed by atoms with van der Waals surface area (Å²) in [6.45, 7) is 0.349. The van der Waals surface area contributed by atoms with Crippen molar-refractivity contribution in [3.8, 4) is 11.8 Å². The number of carbonyl (C=O) groups is 1. The Morgan fingerprint density at radius 3 is 2.84 bits per heavy atom. The molecule has 1 amide bonds. The molecule has 3 rings (SSSR count). The Balaban J connectivity index is 1.67. The number of hydrogen-bond acceptors (Lipinski definition) is 5. The summed E-state index contributed by atoms with van der Waals surface area (Å²) in [6.07, 6.45) is 5.56. The number of pyridine rings is 1. The summed E-state index contributed by atoms with van der Waals surface area (Å²) < 4.78 is 3.16. The van der Waals surface area contributed by atoms with E-state index >= 15 is 0 Å². The van der Waals surface area contributed by atoms with E-state index in [0.717, 1.165) is 5.56 Å². The van der Waals surface area contributed by atoms with E-state index in [1.807, 2.05) is 7.05 Å². The number of aliphatic imine (C=N–C) groups is 1. The van der Waals surface area contributed by atoms with Gasteiger partial charge in [0.15, 0.2) is 6.10 Å². The predicted molar refractivity (Wildman–Crippen MR) is 90.9 cm³/mol. The van der Waals surface area contributed by atoms with Crippen molar-refractivity contribution in [1.29, 1.82) is 0 Å². The van der Waals surface area contributed by atoms with E-state index in [0.29, 0.717) is 18.5 Å². The number of carbonyl (C=O) groups excluding carboxylic acids is 1. The number of aliphatic hydroxyl groups excluding tert-OH is 1. The molecule has 25 heavy (non-hydrogen) atoms. The molecule has 2 atom stereocenters. The first-order valence-corrected chi connectivity index (χ1v) is 7.74. The average Bonchev–Trinajstić information content (AvgIpc) is 3.01. The first-order chi connectivity index (χ1) is 12.0. The summed E-state index contributed by atoms with van der Waals surface area (Å²) >= 11 is 0. The molecule has 3 heterocycles. The smallest absolute Gasteiger partial charge is 0.256 e. The van der Waals surface area contributed by atoms with E-state index in [2.05, 4.69) is 27.2 Å². The lowest BCUT2D eigenvalue weighted by Gasteiger charge is -2.21. The summed E-state index contributed by atoms with van der Waals surface area (Å²) in [5.74, 6) is 5.39. The van der Waals surface area contributed by atoms with Crippen LogP contribution in [0.5, 0.6) is 0 Å². The zero-order valence-corrected chi connectivity index (χ0v) is 13.6. The third-order valence-electron chi connectivity index (χ3n) is 3.82. The number of aliphatic hydroxyl groups is 1. The second kappa shape index (κ2) is 7.15. The highest BCUT2D eigenvalue weighted by Crippen LogP contribution is 2.08. The number of nitrogens with zero attached hydrogens (tertiary/aromatic N) is 4. The first-order valence-electron chi connectivity index (χ1n) is 7.74. The SMILES string of the molecule is Cn1cc(C#Cc2ccn(CCC3N=CNC(=O)C3O)c(=O)c2)cn1. The Kier molecular flexibility index (Phi) is 4.77. The number of nitrogens with one attached hydrogen (secondary N) is 1. The molecule has 2 N–H and O–H groups in total. The minimum Gasteiger partial charge on any atom is -0.381 e. The van der Waals surface area contributed by atoms with E-state index in [-0.39, 0.29) is 5.56 Å². The lowest BCUT2D eigenvalue weighted by atomic mass is 10.1. The van der Waals surface area contributed by atoms with Gasteiger partial charge in [0.05, 0.1) is 24.1 Å². The molecule has 0 spiro atoms. The lowest BCUT2D eigenvalue weighted by molar-refractivity contribution is -0.129. The minimum atomic E-state index is -1.19. The van der Waals surface area contributed by atoms with Crippen LogP contribution in [-0.2, 0) is 18.4 Å². The van der Waals surface area contributed by atoms with Crippen LogP contribution in [0, 0.1) is 11.8 Å². The van der Waals surface area contributed by atoms with Gasteiger partial charge in [-0.05, 0) is 12.5 Å². The molecular weight excluding hydrogens is 322 g/mol. The van der Waals surface area contributed by atoms with E-state index in [1.54, 1.807) is 29.3 Å². The fourth-order valence-electron chi connectivity index (χ4n) is 2.44. The second-order valence-corrected chi connectivity index (χ2v) is 5.69. The van der Waals surface area contributed by atoms with Crippen LogP contribution >= 0.6 is 0 Å². The Morgan fingerprint density at radius 1 is 1.32 bits per heavy atom. The quantitative estimate of drug-likeness (QED) is 0.719. The molecule has 0 saturated carbocycles. The van der Waals surface area contributed by atoms with Gasteiger partial charge in [-0.2, -0.15) is 5.10 Å². The fraction of sp³-hybridized carbons (Fsp3) is 0.294. The Labute approximate surface area is 143 Å². The highest BCUT2D eigenvalue weighted by atomic mass is 16.3. The van der Waals surface area contributed by atoms with E-state index in [9.17, 15) is 14.7 Å². The summed E-state index contributed by atoms with van der Waals surface area (Å²) in [4.78, 5) is 27.6. The van der Waals surface area contributed by atoms with Crippen LogP contribution in [0.4, 0.5) is 0 Å². The zero-order chi connectivity index (χ0) is 17.8.